The van der Waals surface area contributed by atoms with Crippen LogP contribution in [0.4, 0.5) is 0 Å². The first kappa shape index (κ1) is 11.5. The Bertz CT molecular complexity index is 145. The quantitative estimate of drug-likeness (QED) is 0.413. The molecule has 0 aromatic rings. The molecule has 0 N–H and O–H groups in total. The summed E-state index contributed by atoms with van der Waals surface area (Å²) in [5.74, 6) is 2.12. The fourth-order valence-corrected chi connectivity index (χ4v) is 1.12. The zero-order valence-corrected chi connectivity index (χ0v) is 8.64. The van der Waals surface area contributed by atoms with E-state index in [2.05, 4.69) is 46.1 Å². The van der Waals surface area contributed by atoms with Gasteiger partial charge in [-0.25, -0.2) is 0 Å². The van der Waals surface area contributed by atoms with Gasteiger partial charge in [0.25, 0.3) is 0 Å². The average Bonchev–Trinajstić information content (AvgIpc) is 2.10. The van der Waals surface area contributed by atoms with Crippen molar-refractivity contribution in [3.8, 4) is 0 Å². The van der Waals surface area contributed by atoms with Crippen molar-refractivity contribution in [2.24, 2.45) is 0 Å². The lowest BCUT2D eigenvalue weighted by Gasteiger charge is -1.99. The zero-order chi connectivity index (χ0) is 9.23. The Hall–Kier alpha value is -0.455. The summed E-state index contributed by atoms with van der Waals surface area (Å²) in [6, 6.07) is 0. The summed E-state index contributed by atoms with van der Waals surface area (Å²) in [6.07, 6.45) is 9.50. The lowest BCUT2D eigenvalue weighted by atomic mass is 9.81. The monoisotopic (exact) mass is 163 g/mol. The van der Waals surface area contributed by atoms with E-state index in [4.69, 9.17) is 0 Å². The summed E-state index contributed by atoms with van der Waals surface area (Å²) < 4.78 is 0. The number of rotatable bonds is 6. The standard InChI is InChI=1S/C11H20B/c1-4-6-8-11(7-5-2)9-10-12-3/h7,9-10H,4-6,8H2,1-3H3/b10-9-,11-7-. The smallest absolute Gasteiger partial charge is 0.123 e. The second-order valence-electron chi connectivity index (χ2n) is 2.98. The zero-order valence-electron chi connectivity index (χ0n) is 8.64. The van der Waals surface area contributed by atoms with Gasteiger partial charge in [0, 0.05) is 0 Å². The van der Waals surface area contributed by atoms with Gasteiger partial charge in [0.1, 0.15) is 7.28 Å². The maximum atomic E-state index is 2.32. The van der Waals surface area contributed by atoms with E-state index in [1.54, 1.807) is 0 Å². The molecule has 0 bridgehead atoms. The molecule has 0 nitrogen and oxygen atoms in total. The van der Waals surface area contributed by atoms with Crippen molar-refractivity contribution in [1.82, 2.24) is 0 Å². The highest BCUT2D eigenvalue weighted by molar-refractivity contribution is 6.40. The third kappa shape index (κ3) is 6.27. The van der Waals surface area contributed by atoms with Crippen LogP contribution in [0.3, 0.4) is 0 Å². The van der Waals surface area contributed by atoms with Crippen LogP contribution in [0.15, 0.2) is 23.7 Å². The molecule has 1 radical (unpaired) electrons. The highest BCUT2D eigenvalue weighted by Crippen LogP contribution is 2.09. The average molecular weight is 163 g/mol. The molecule has 0 aliphatic carbocycles. The minimum Gasteiger partial charge on any atom is -0.123 e. The van der Waals surface area contributed by atoms with Crippen molar-refractivity contribution in [1.29, 1.82) is 0 Å². The van der Waals surface area contributed by atoms with E-state index in [-0.39, 0.29) is 0 Å². The Morgan fingerprint density at radius 1 is 1.33 bits per heavy atom. The van der Waals surface area contributed by atoms with E-state index in [9.17, 15) is 0 Å². The molecule has 0 rings (SSSR count). The summed E-state index contributed by atoms with van der Waals surface area (Å²) >= 11 is 0. The van der Waals surface area contributed by atoms with Crippen molar-refractivity contribution in [2.45, 2.75) is 46.4 Å². The molecule has 0 heterocycles. The highest BCUT2D eigenvalue weighted by Gasteiger charge is 1.90. The first-order valence-electron chi connectivity index (χ1n) is 5.00. The van der Waals surface area contributed by atoms with Crippen LogP contribution in [-0.4, -0.2) is 7.28 Å². The van der Waals surface area contributed by atoms with Gasteiger partial charge in [0.15, 0.2) is 0 Å². The van der Waals surface area contributed by atoms with Gasteiger partial charge in [-0.15, -0.1) is 5.98 Å². The molecule has 67 valence electrons. The topological polar surface area (TPSA) is 0 Å². The summed E-state index contributed by atoms with van der Waals surface area (Å²) in [5.41, 5.74) is 1.48. The molecular weight excluding hydrogens is 143 g/mol. The Kier molecular flexibility index (Phi) is 8.31. The molecule has 0 saturated heterocycles. The van der Waals surface area contributed by atoms with E-state index >= 15 is 0 Å². The van der Waals surface area contributed by atoms with E-state index in [1.807, 2.05) is 0 Å². The summed E-state index contributed by atoms with van der Waals surface area (Å²) in [5, 5.41) is 0. The lowest BCUT2D eigenvalue weighted by Crippen LogP contribution is -1.81. The van der Waals surface area contributed by atoms with Crippen molar-refractivity contribution in [2.75, 3.05) is 0 Å². The highest BCUT2D eigenvalue weighted by atomic mass is 13.9. The van der Waals surface area contributed by atoms with Crippen LogP contribution in [0.2, 0.25) is 6.82 Å². The van der Waals surface area contributed by atoms with Crippen molar-refractivity contribution >= 4 is 7.28 Å². The molecule has 0 unspecified atom stereocenters. The molecule has 0 aromatic heterocycles. The van der Waals surface area contributed by atoms with Gasteiger partial charge in [0.2, 0.25) is 0 Å². The van der Waals surface area contributed by atoms with Gasteiger partial charge in [-0.3, -0.25) is 0 Å². The normalized spacial score (nSPS) is 12.4. The largest absolute Gasteiger partial charge is 0.137 e. The molecule has 0 fully saturated rings. The number of unbranched alkanes of at least 4 members (excludes halogenated alkanes) is 1. The molecule has 0 amide bonds. The maximum absolute atomic E-state index is 2.32. The predicted octanol–water partition coefficient (Wildman–Crippen LogP) is 3.78. The number of hydrogen-bond donors (Lipinski definition) is 0. The van der Waals surface area contributed by atoms with Gasteiger partial charge < -0.3 is 0 Å². The Balaban J connectivity index is 3.86. The van der Waals surface area contributed by atoms with Crippen LogP contribution in [0.5, 0.6) is 0 Å². The molecule has 0 aromatic carbocycles. The molecule has 12 heavy (non-hydrogen) atoms. The molecule has 0 aliphatic heterocycles. The van der Waals surface area contributed by atoms with E-state index in [0.29, 0.717) is 0 Å². The maximum Gasteiger partial charge on any atom is 0.137 e. The summed E-state index contributed by atoms with van der Waals surface area (Å²) in [7, 11) is 2.08. The molecule has 0 atom stereocenters. The summed E-state index contributed by atoms with van der Waals surface area (Å²) in [4.78, 5) is 0. The predicted molar refractivity (Wildman–Crippen MR) is 58.7 cm³/mol. The van der Waals surface area contributed by atoms with Crippen LogP contribution < -0.4 is 0 Å². The number of hydrogen-bond acceptors (Lipinski definition) is 0. The second-order valence-corrected chi connectivity index (χ2v) is 2.98. The Morgan fingerprint density at radius 3 is 2.58 bits per heavy atom. The van der Waals surface area contributed by atoms with Crippen LogP contribution in [0.1, 0.15) is 39.5 Å². The Labute approximate surface area is 78.0 Å². The minimum absolute atomic E-state index is 1.15. The van der Waals surface area contributed by atoms with Crippen molar-refractivity contribution in [3.63, 3.8) is 0 Å². The van der Waals surface area contributed by atoms with E-state index in [1.165, 1.54) is 24.8 Å². The van der Waals surface area contributed by atoms with Gasteiger partial charge in [-0.1, -0.05) is 44.8 Å². The van der Waals surface area contributed by atoms with Gasteiger partial charge in [-0.05, 0) is 19.3 Å². The van der Waals surface area contributed by atoms with E-state index < -0.39 is 0 Å². The minimum atomic E-state index is 1.15. The molecule has 0 aliphatic rings. The lowest BCUT2D eigenvalue weighted by molar-refractivity contribution is 0.795. The fraction of sp³-hybridized carbons (Fsp3) is 0.636. The van der Waals surface area contributed by atoms with Gasteiger partial charge in [0.05, 0.1) is 0 Å². The first-order chi connectivity index (χ1) is 5.85. The molecular formula is C11H20B. The van der Waals surface area contributed by atoms with Gasteiger partial charge >= 0.3 is 0 Å². The third-order valence-electron chi connectivity index (χ3n) is 1.79. The van der Waals surface area contributed by atoms with E-state index in [0.717, 1.165) is 6.42 Å². The molecule has 1 heteroatoms. The van der Waals surface area contributed by atoms with Crippen LogP contribution in [0, 0.1) is 0 Å². The second kappa shape index (κ2) is 8.64. The Morgan fingerprint density at radius 2 is 2.08 bits per heavy atom. The molecule has 0 spiro atoms. The van der Waals surface area contributed by atoms with Crippen LogP contribution >= 0.6 is 0 Å². The van der Waals surface area contributed by atoms with Crippen molar-refractivity contribution in [3.05, 3.63) is 23.7 Å². The van der Waals surface area contributed by atoms with Gasteiger partial charge in [-0.2, -0.15) is 0 Å². The number of allylic oxidation sites excluding steroid dienone is 3. The molecule has 0 saturated carbocycles. The van der Waals surface area contributed by atoms with Crippen LogP contribution in [-0.2, 0) is 0 Å². The first-order valence-corrected chi connectivity index (χ1v) is 5.00. The SMILES string of the molecule is C[B]/C=C\C(=C/CC)CCCC. The summed E-state index contributed by atoms with van der Waals surface area (Å²) in [6.45, 7) is 6.48. The third-order valence-corrected chi connectivity index (χ3v) is 1.79. The fourth-order valence-electron chi connectivity index (χ4n) is 1.12. The van der Waals surface area contributed by atoms with Crippen LogP contribution in [0.25, 0.3) is 0 Å². The van der Waals surface area contributed by atoms with Crippen molar-refractivity contribution < 1.29 is 0 Å².